The van der Waals surface area contributed by atoms with E-state index in [1.54, 1.807) is 18.9 Å². The van der Waals surface area contributed by atoms with E-state index in [0.29, 0.717) is 6.54 Å². The molecule has 0 aliphatic carbocycles. The van der Waals surface area contributed by atoms with Crippen LogP contribution in [0, 0.1) is 0 Å². The summed E-state index contributed by atoms with van der Waals surface area (Å²) < 4.78 is 7.10. The van der Waals surface area contributed by atoms with E-state index in [1.165, 1.54) is 0 Å². The topological polar surface area (TPSA) is 29.3 Å². The smallest absolute Gasteiger partial charge is 0.227 e. The highest BCUT2D eigenvalue weighted by atomic mass is 79.9. The number of nitrogens with zero attached hydrogens (tertiary/aromatic N) is 1. The fourth-order valence-electron chi connectivity index (χ4n) is 1.55. The van der Waals surface area contributed by atoms with Crippen LogP contribution in [0.3, 0.4) is 0 Å². The molecule has 5 heteroatoms. The van der Waals surface area contributed by atoms with E-state index in [-0.39, 0.29) is 22.8 Å². The van der Waals surface area contributed by atoms with Crippen molar-refractivity contribution in [1.82, 2.24) is 0 Å². The van der Waals surface area contributed by atoms with Gasteiger partial charge in [-0.15, -0.1) is 0 Å². The average molecular weight is 316 g/mol. The second-order valence-electron chi connectivity index (χ2n) is 3.60. The molecule has 1 aliphatic rings. The van der Waals surface area contributed by atoms with Crippen LogP contribution in [0.25, 0.3) is 0 Å². The summed E-state index contributed by atoms with van der Waals surface area (Å²) in [5.41, 5.74) is 2.77. The molecule has 3 nitrogen and oxygen atoms in total. The molecule has 0 amide bonds. The first-order valence-corrected chi connectivity index (χ1v) is 6.21. The minimum Gasteiger partial charge on any atom is -1.00 e. The van der Waals surface area contributed by atoms with Crippen molar-refractivity contribution in [3.63, 3.8) is 0 Å². The van der Waals surface area contributed by atoms with Gasteiger partial charge in [-0.1, -0.05) is 11.8 Å². The number of Topliss-reactive ketones (excluding diaryl/α,β-unsaturated/α-hetero) is 1. The highest BCUT2D eigenvalue weighted by Crippen LogP contribution is 2.12. The lowest BCUT2D eigenvalue weighted by atomic mass is 10.1. The number of ether oxygens (including phenoxy) is 1. The van der Waals surface area contributed by atoms with Gasteiger partial charge in [0.1, 0.15) is 5.75 Å². The average Bonchev–Trinajstić information content (AvgIpc) is 2.82. The maximum Gasteiger partial charge on any atom is 0.227 e. The molecule has 0 saturated carbocycles. The summed E-state index contributed by atoms with van der Waals surface area (Å²) in [6.07, 6.45) is 0. The lowest BCUT2D eigenvalue weighted by Gasteiger charge is -2.01. The third kappa shape index (κ3) is 3.85. The van der Waals surface area contributed by atoms with Crippen LogP contribution in [0.2, 0.25) is 0 Å². The lowest BCUT2D eigenvalue weighted by Crippen LogP contribution is -3.00. The summed E-state index contributed by atoms with van der Waals surface area (Å²) >= 11 is 1.75. The zero-order valence-corrected chi connectivity index (χ0v) is 12.0. The molecular weight excluding hydrogens is 302 g/mol. The number of hydrogen-bond donors (Lipinski definition) is 0. The minimum atomic E-state index is 0. The van der Waals surface area contributed by atoms with Gasteiger partial charge in [0.05, 0.1) is 12.9 Å². The summed E-state index contributed by atoms with van der Waals surface area (Å²) in [5.74, 6) is 2.01. The molecule has 0 atom stereocenters. The van der Waals surface area contributed by atoms with Gasteiger partial charge >= 0.3 is 0 Å². The molecule has 0 fully saturated rings. The molecule has 92 valence electrons. The number of carbonyl (C=O) groups is 1. The van der Waals surface area contributed by atoms with Crippen LogP contribution in [0.1, 0.15) is 10.4 Å². The Morgan fingerprint density at radius 2 is 2.12 bits per heavy atom. The van der Waals surface area contributed by atoms with E-state index < -0.39 is 0 Å². The first kappa shape index (κ1) is 14.3. The Hall–Kier alpha value is -0.810. The van der Waals surface area contributed by atoms with Gasteiger partial charge in [0.2, 0.25) is 12.3 Å². The molecule has 2 rings (SSSR count). The normalized spacial score (nSPS) is 13.8. The van der Waals surface area contributed by atoms with Gasteiger partial charge in [0, 0.05) is 5.56 Å². The molecule has 1 aliphatic heterocycles. The van der Waals surface area contributed by atoms with E-state index >= 15 is 0 Å². The number of ketones is 1. The number of halogens is 1. The molecule has 17 heavy (non-hydrogen) atoms. The van der Waals surface area contributed by atoms with Crippen molar-refractivity contribution < 1.29 is 31.1 Å². The van der Waals surface area contributed by atoms with Crippen LogP contribution < -0.4 is 21.7 Å². The summed E-state index contributed by atoms with van der Waals surface area (Å²) in [6.45, 7) is 1.44. The minimum absolute atomic E-state index is 0. The second-order valence-corrected chi connectivity index (χ2v) is 4.55. The fraction of sp³-hybridized carbons (Fsp3) is 0.333. The number of carbonyl (C=O) groups excluding carboxylic acids is 1. The largest absolute Gasteiger partial charge is 1.00 e. The zero-order chi connectivity index (χ0) is 11.4. The summed E-state index contributed by atoms with van der Waals surface area (Å²) in [7, 11) is 1.62. The van der Waals surface area contributed by atoms with E-state index in [1.807, 2.05) is 29.8 Å². The predicted molar refractivity (Wildman–Crippen MR) is 65.8 cm³/mol. The third-order valence-corrected chi connectivity index (χ3v) is 3.34. The van der Waals surface area contributed by atoms with Crippen LogP contribution in [-0.2, 0) is 0 Å². The van der Waals surface area contributed by atoms with Gasteiger partial charge in [-0.25, -0.2) is 4.58 Å². The quantitative estimate of drug-likeness (QED) is 0.509. The van der Waals surface area contributed by atoms with Gasteiger partial charge in [-0.3, -0.25) is 4.79 Å². The molecular formula is C12H14BrNO2S. The molecule has 0 spiro atoms. The first-order chi connectivity index (χ1) is 7.79. The number of benzene rings is 1. The summed E-state index contributed by atoms with van der Waals surface area (Å²) in [6, 6.07) is 7.25. The molecule has 1 aromatic rings. The number of thioether (sulfide) groups is 1. The van der Waals surface area contributed by atoms with Crippen LogP contribution >= 0.6 is 11.8 Å². The number of methoxy groups -OCH3 is 1. The van der Waals surface area contributed by atoms with E-state index in [0.717, 1.165) is 23.6 Å². The van der Waals surface area contributed by atoms with Gasteiger partial charge in [-0.2, -0.15) is 0 Å². The molecule has 0 N–H and O–H groups in total. The maximum atomic E-state index is 11.9. The molecule has 0 aromatic heterocycles. The summed E-state index contributed by atoms with van der Waals surface area (Å²) in [5, 5.41) is 0. The monoisotopic (exact) mass is 315 g/mol. The number of rotatable bonds is 4. The highest BCUT2D eigenvalue weighted by Gasteiger charge is 2.17. The predicted octanol–water partition coefficient (Wildman–Crippen LogP) is -1.33. The zero-order valence-electron chi connectivity index (χ0n) is 9.56. The lowest BCUT2D eigenvalue weighted by molar-refractivity contribution is -0.499. The van der Waals surface area contributed by atoms with Crippen molar-refractivity contribution in [3.8, 4) is 5.75 Å². The van der Waals surface area contributed by atoms with Crippen LogP contribution in [0.15, 0.2) is 24.3 Å². The Kier molecular flexibility index (Phi) is 5.71. The van der Waals surface area contributed by atoms with E-state index in [2.05, 4.69) is 4.58 Å². The molecule has 1 heterocycles. The van der Waals surface area contributed by atoms with Gasteiger partial charge in [0.25, 0.3) is 0 Å². The molecule has 0 radical (unpaired) electrons. The van der Waals surface area contributed by atoms with Crippen molar-refractivity contribution in [3.05, 3.63) is 29.8 Å². The van der Waals surface area contributed by atoms with Crippen LogP contribution in [-0.4, -0.2) is 41.9 Å². The third-order valence-electron chi connectivity index (χ3n) is 2.48. The summed E-state index contributed by atoms with van der Waals surface area (Å²) in [4.78, 5) is 11.9. The maximum absolute atomic E-state index is 11.9. The van der Waals surface area contributed by atoms with Crippen molar-refractivity contribution in [1.29, 1.82) is 0 Å². The van der Waals surface area contributed by atoms with E-state index in [4.69, 9.17) is 4.74 Å². The second kappa shape index (κ2) is 6.81. The Balaban J connectivity index is 0.00000144. The Bertz CT molecular complexity index is 417. The Morgan fingerprint density at radius 3 is 2.65 bits per heavy atom. The van der Waals surface area contributed by atoms with Crippen LogP contribution in [0.4, 0.5) is 0 Å². The SMILES string of the molecule is COc1ccc(C(=O)C[N+]2=CSCC2)cc1.[Br-]. The van der Waals surface area contributed by atoms with Crippen molar-refractivity contribution in [2.45, 2.75) is 0 Å². The van der Waals surface area contributed by atoms with Crippen molar-refractivity contribution >= 4 is 23.1 Å². The van der Waals surface area contributed by atoms with Gasteiger partial charge < -0.3 is 21.7 Å². The molecule has 0 bridgehead atoms. The Labute approximate surface area is 116 Å². The fourth-order valence-corrected chi connectivity index (χ4v) is 2.39. The first-order valence-electron chi connectivity index (χ1n) is 5.16. The van der Waals surface area contributed by atoms with Crippen LogP contribution in [0.5, 0.6) is 5.75 Å². The Morgan fingerprint density at radius 1 is 1.41 bits per heavy atom. The molecule has 1 aromatic carbocycles. The van der Waals surface area contributed by atoms with Crippen molar-refractivity contribution in [2.24, 2.45) is 0 Å². The van der Waals surface area contributed by atoms with Gasteiger partial charge in [0.15, 0.2) is 12.1 Å². The highest BCUT2D eigenvalue weighted by molar-refractivity contribution is 8.12. The standard InChI is InChI=1S/C12H14NO2S.BrH/c1-15-11-4-2-10(3-5-11)12(14)8-13-6-7-16-9-13;/h2-5,9H,6-8H2,1H3;1H/q+1;/p-1. The van der Waals surface area contributed by atoms with Crippen molar-refractivity contribution in [2.75, 3.05) is 26.0 Å². The van der Waals surface area contributed by atoms with E-state index in [9.17, 15) is 4.79 Å². The molecule has 0 unspecified atom stereocenters. The number of hydrogen-bond acceptors (Lipinski definition) is 3. The molecule has 0 saturated heterocycles. The van der Waals surface area contributed by atoms with Gasteiger partial charge in [-0.05, 0) is 24.3 Å².